The van der Waals surface area contributed by atoms with Crippen molar-refractivity contribution in [3.8, 4) is 5.69 Å². The SMILES string of the molecule is CCNc1nc(C)cc(N2CCN(C(=O)c3ccc(-n4cccc4)cc3)CC2)n1. The average Bonchev–Trinajstić information content (AvgIpc) is 3.28. The van der Waals surface area contributed by atoms with E-state index in [0.717, 1.165) is 42.4 Å². The van der Waals surface area contributed by atoms with Crippen LogP contribution >= 0.6 is 0 Å². The van der Waals surface area contributed by atoms with Crippen LogP contribution in [0.15, 0.2) is 54.9 Å². The maximum Gasteiger partial charge on any atom is 0.253 e. The molecular weight excluding hydrogens is 364 g/mol. The largest absolute Gasteiger partial charge is 0.354 e. The summed E-state index contributed by atoms with van der Waals surface area (Å²) in [7, 11) is 0. The Kier molecular flexibility index (Phi) is 5.46. The van der Waals surface area contributed by atoms with Gasteiger partial charge in [0.1, 0.15) is 5.82 Å². The number of carbonyl (C=O) groups excluding carboxylic acids is 1. The second-order valence-corrected chi connectivity index (χ2v) is 7.14. The summed E-state index contributed by atoms with van der Waals surface area (Å²) in [5.41, 5.74) is 2.71. The highest BCUT2D eigenvalue weighted by Crippen LogP contribution is 2.18. The van der Waals surface area contributed by atoms with Gasteiger partial charge in [0.05, 0.1) is 0 Å². The minimum absolute atomic E-state index is 0.0795. The van der Waals surface area contributed by atoms with E-state index in [-0.39, 0.29) is 5.91 Å². The normalized spacial score (nSPS) is 14.1. The van der Waals surface area contributed by atoms with Crippen LogP contribution in [0.25, 0.3) is 5.69 Å². The minimum Gasteiger partial charge on any atom is -0.354 e. The molecule has 1 aromatic carbocycles. The number of anilines is 2. The maximum atomic E-state index is 12.9. The van der Waals surface area contributed by atoms with Gasteiger partial charge >= 0.3 is 0 Å². The zero-order valence-corrected chi connectivity index (χ0v) is 16.9. The van der Waals surface area contributed by atoms with Crippen molar-refractivity contribution in [2.75, 3.05) is 42.9 Å². The summed E-state index contributed by atoms with van der Waals surface area (Å²) in [5.74, 6) is 1.65. The molecule has 1 aliphatic heterocycles. The van der Waals surface area contributed by atoms with Crippen LogP contribution in [0.5, 0.6) is 0 Å². The summed E-state index contributed by atoms with van der Waals surface area (Å²) in [4.78, 5) is 26.1. The molecule has 0 spiro atoms. The Balaban J connectivity index is 1.40. The molecule has 2 aromatic heterocycles. The second-order valence-electron chi connectivity index (χ2n) is 7.14. The van der Waals surface area contributed by atoms with Crippen molar-refractivity contribution in [2.45, 2.75) is 13.8 Å². The fraction of sp³-hybridized carbons (Fsp3) is 0.318. The van der Waals surface area contributed by atoms with E-state index in [1.165, 1.54) is 0 Å². The molecule has 7 nitrogen and oxygen atoms in total. The van der Waals surface area contributed by atoms with E-state index in [0.29, 0.717) is 19.0 Å². The summed E-state index contributed by atoms with van der Waals surface area (Å²) in [6.45, 7) is 7.66. The van der Waals surface area contributed by atoms with Crippen molar-refractivity contribution < 1.29 is 4.79 Å². The van der Waals surface area contributed by atoms with Gasteiger partial charge in [0.25, 0.3) is 5.91 Å². The quantitative estimate of drug-likeness (QED) is 0.726. The van der Waals surface area contributed by atoms with Crippen LogP contribution in [0.1, 0.15) is 23.0 Å². The highest BCUT2D eigenvalue weighted by molar-refractivity contribution is 5.94. The molecule has 0 atom stereocenters. The van der Waals surface area contributed by atoms with Crippen molar-refractivity contribution in [1.29, 1.82) is 0 Å². The first-order valence-corrected chi connectivity index (χ1v) is 10.0. The number of rotatable bonds is 5. The number of hydrogen-bond donors (Lipinski definition) is 1. The fourth-order valence-corrected chi connectivity index (χ4v) is 3.56. The van der Waals surface area contributed by atoms with Gasteiger partial charge in [-0.1, -0.05) is 0 Å². The monoisotopic (exact) mass is 390 g/mol. The first-order chi connectivity index (χ1) is 14.1. The number of piperazine rings is 1. The summed E-state index contributed by atoms with van der Waals surface area (Å²) in [6, 6.07) is 13.7. The molecule has 0 unspecified atom stereocenters. The zero-order valence-electron chi connectivity index (χ0n) is 16.9. The number of amides is 1. The van der Waals surface area contributed by atoms with Gasteiger partial charge in [-0.15, -0.1) is 0 Å². The van der Waals surface area contributed by atoms with Gasteiger partial charge < -0.3 is 19.7 Å². The van der Waals surface area contributed by atoms with Gasteiger partial charge in [0.2, 0.25) is 5.95 Å². The predicted molar refractivity (Wildman–Crippen MR) is 115 cm³/mol. The number of hydrogen-bond acceptors (Lipinski definition) is 5. The van der Waals surface area contributed by atoms with E-state index in [2.05, 4.69) is 20.2 Å². The predicted octanol–water partition coefficient (Wildman–Crippen LogP) is 2.97. The maximum absolute atomic E-state index is 12.9. The van der Waals surface area contributed by atoms with Gasteiger partial charge in [-0.3, -0.25) is 4.79 Å². The topological polar surface area (TPSA) is 66.3 Å². The van der Waals surface area contributed by atoms with E-state index in [4.69, 9.17) is 0 Å². The van der Waals surface area contributed by atoms with Crippen LogP contribution in [-0.4, -0.2) is 58.1 Å². The van der Waals surface area contributed by atoms with Crippen LogP contribution in [0.3, 0.4) is 0 Å². The van der Waals surface area contributed by atoms with Crippen LogP contribution < -0.4 is 10.2 Å². The number of aromatic nitrogens is 3. The lowest BCUT2D eigenvalue weighted by atomic mass is 10.1. The smallest absolute Gasteiger partial charge is 0.253 e. The molecule has 0 radical (unpaired) electrons. The van der Waals surface area contributed by atoms with E-state index in [9.17, 15) is 4.79 Å². The van der Waals surface area contributed by atoms with Gasteiger partial charge in [0, 0.05) is 68.1 Å². The minimum atomic E-state index is 0.0795. The van der Waals surface area contributed by atoms with E-state index in [1.807, 2.05) is 78.2 Å². The Bertz CT molecular complexity index is 959. The van der Waals surface area contributed by atoms with Crippen molar-refractivity contribution in [3.63, 3.8) is 0 Å². The summed E-state index contributed by atoms with van der Waals surface area (Å²) >= 11 is 0. The Morgan fingerprint density at radius 1 is 1.03 bits per heavy atom. The average molecular weight is 390 g/mol. The molecule has 0 aliphatic carbocycles. The molecule has 1 N–H and O–H groups in total. The molecular formula is C22H26N6O. The summed E-state index contributed by atoms with van der Waals surface area (Å²) in [6.07, 6.45) is 3.98. The molecule has 4 rings (SSSR count). The Labute approximate surface area is 171 Å². The third-order valence-electron chi connectivity index (χ3n) is 5.08. The van der Waals surface area contributed by atoms with Gasteiger partial charge in [-0.25, -0.2) is 4.98 Å². The Hall–Kier alpha value is -3.35. The molecule has 7 heteroatoms. The van der Waals surface area contributed by atoms with Crippen molar-refractivity contribution >= 4 is 17.7 Å². The van der Waals surface area contributed by atoms with Crippen LogP contribution in [0.2, 0.25) is 0 Å². The molecule has 0 saturated carbocycles. The standard InChI is InChI=1S/C22H26N6O/c1-3-23-22-24-17(2)16-20(25-22)27-12-14-28(15-13-27)21(29)18-6-8-19(9-7-18)26-10-4-5-11-26/h4-11,16H,3,12-15H2,1-2H3,(H,23,24,25). The van der Waals surface area contributed by atoms with Crippen LogP contribution in [0.4, 0.5) is 11.8 Å². The highest BCUT2D eigenvalue weighted by Gasteiger charge is 2.23. The van der Waals surface area contributed by atoms with Gasteiger partial charge in [-0.05, 0) is 50.2 Å². The molecule has 3 heterocycles. The zero-order chi connectivity index (χ0) is 20.2. The molecule has 29 heavy (non-hydrogen) atoms. The molecule has 150 valence electrons. The molecule has 1 amide bonds. The van der Waals surface area contributed by atoms with Gasteiger partial charge in [-0.2, -0.15) is 4.98 Å². The van der Waals surface area contributed by atoms with Crippen molar-refractivity contribution in [1.82, 2.24) is 19.4 Å². The third kappa shape index (κ3) is 4.23. The lowest BCUT2D eigenvalue weighted by Crippen LogP contribution is -2.49. The highest BCUT2D eigenvalue weighted by atomic mass is 16.2. The number of aryl methyl sites for hydroxylation is 1. The van der Waals surface area contributed by atoms with Crippen molar-refractivity contribution in [2.24, 2.45) is 0 Å². The molecule has 0 bridgehead atoms. The van der Waals surface area contributed by atoms with E-state index in [1.54, 1.807) is 0 Å². The number of nitrogens with zero attached hydrogens (tertiary/aromatic N) is 5. The molecule has 3 aromatic rings. The number of nitrogens with one attached hydrogen (secondary N) is 1. The summed E-state index contributed by atoms with van der Waals surface area (Å²) < 4.78 is 2.03. The fourth-order valence-electron chi connectivity index (χ4n) is 3.56. The van der Waals surface area contributed by atoms with Gasteiger partial charge in [0.15, 0.2) is 0 Å². The Morgan fingerprint density at radius 2 is 1.72 bits per heavy atom. The van der Waals surface area contributed by atoms with E-state index >= 15 is 0 Å². The second kappa shape index (κ2) is 8.34. The van der Waals surface area contributed by atoms with E-state index < -0.39 is 0 Å². The Morgan fingerprint density at radius 3 is 2.38 bits per heavy atom. The molecule has 1 fully saturated rings. The number of carbonyl (C=O) groups is 1. The first kappa shape index (κ1) is 19.0. The van der Waals surface area contributed by atoms with Crippen molar-refractivity contribution in [3.05, 3.63) is 66.1 Å². The molecule has 1 saturated heterocycles. The third-order valence-corrected chi connectivity index (χ3v) is 5.08. The molecule has 1 aliphatic rings. The summed E-state index contributed by atoms with van der Waals surface area (Å²) in [5, 5.41) is 3.18. The van der Waals surface area contributed by atoms with Crippen LogP contribution in [0, 0.1) is 6.92 Å². The lowest BCUT2D eigenvalue weighted by molar-refractivity contribution is 0.0746. The van der Waals surface area contributed by atoms with Crippen LogP contribution in [-0.2, 0) is 0 Å². The number of benzene rings is 1. The first-order valence-electron chi connectivity index (χ1n) is 10.0. The lowest BCUT2D eigenvalue weighted by Gasteiger charge is -2.35.